The number of aliphatic hydroxyl groups is 1. The molecule has 90 valence electrons. The Morgan fingerprint density at radius 3 is 2.60 bits per heavy atom. The van der Waals surface area contributed by atoms with Crippen LogP contribution in [-0.4, -0.2) is 48.8 Å². The normalized spacial score (nSPS) is 11.3. The molecule has 15 heavy (non-hydrogen) atoms. The van der Waals surface area contributed by atoms with Crippen molar-refractivity contribution in [2.24, 2.45) is 0 Å². The third-order valence-electron chi connectivity index (χ3n) is 2.26. The molecule has 0 radical (unpaired) electrons. The Kier molecular flexibility index (Phi) is 9.89. The molecule has 0 aliphatic rings. The summed E-state index contributed by atoms with van der Waals surface area (Å²) in [6.07, 6.45) is 4.26. The highest BCUT2D eigenvalue weighted by Gasteiger charge is 2.01. The van der Waals surface area contributed by atoms with Crippen LogP contribution in [0.25, 0.3) is 0 Å². The van der Waals surface area contributed by atoms with E-state index in [1.807, 2.05) is 6.08 Å². The standard InChI is InChI=1S/C12H26N2O/c1-4-8-14(10-11-15)9-6-5-7-13-12(2)3/h4,12-13,15H,1,5-11H2,2-3H3. The van der Waals surface area contributed by atoms with Gasteiger partial charge in [0.05, 0.1) is 6.61 Å². The number of hydrogen-bond acceptors (Lipinski definition) is 3. The van der Waals surface area contributed by atoms with E-state index in [1.165, 1.54) is 12.8 Å². The molecule has 0 aromatic heterocycles. The lowest BCUT2D eigenvalue weighted by Crippen LogP contribution is -2.29. The molecule has 2 N–H and O–H groups in total. The molecule has 0 bridgehead atoms. The van der Waals surface area contributed by atoms with Gasteiger partial charge in [0.25, 0.3) is 0 Å². The summed E-state index contributed by atoms with van der Waals surface area (Å²) in [5.41, 5.74) is 0. The van der Waals surface area contributed by atoms with Crippen LogP contribution in [0, 0.1) is 0 Å². The van der Waals surface area contributed by atoms with Gasteiger partial charge in [-0.1, -0.05) is 19.9 Å². The fourth-order valence-electron chi connectivity index (χ4n) is 1.47. The first-order chi connectivity index (χ1) is 7.20. The zero-order valence-corrected chi connectivity index (χ0v) is 10.2. The summed E-state index contributed by atoms with van der Waals surface area (Å²) in [5, 5.41) is 12.2. The van der Waals surface area contributed by atoms with E-state index in [0.717, 1.165) is 26.2 Å². The molecule has 3 nitrogen and oxygen atoms in total. The molecule has 0 rings (SSSR count). The van der Waals surface area contributed by atoms with Gasteiger partial charge < -0.3 is 10.4 Å². The quantitative estimate of drug-likeness (QED) is 0.424. The molecule has 3 heteroatoms. The van der Waals surface area contributed by atoms with Crippen LogP contribution in [0.3, 0.4) is 0 Å². The summed E-state index contributed by atoms with van der Waals surface area (Å²) in [7, 11) is 0. The highest BCUT2D eigenvalue weighted by atomic mass is 16.3. The van der Waals surface area contributed by atoms with Crippen LogP contribution in [-0.2, 0) is 0 Å². The van der Waals surface area contributed by atoms with Gasteiger partial charge in [-0.2, -0.15) is 0 Å². The van der Waals surface area contributed by atoms with Crippen molar-refractivity contribution in [3.63, 3.8) is 0 Å². The molecule has 0 fully saturated rings. The summed E-state index contributed by atoms with van der Waals surface area (Å²) in [6.45, 7) is 12.0. The van der Waals surface area contributed by atoms with E-state index in [0.29, 0.717) is 6.04 Å². The summed E-state index contributed by atoms with van der Waals surface area (Å²) in [4.78, 5) is 2.22. The number of nitrogens with one attached hydrogen (secondary N) is 1. The number of hydrogen-bond donors (Lipinski definition) is 2. The van der Waals surface area contributed by atoms with Gasteiger partial charge in [0.15, 0.2) is 0 Å². The summed E-state index contributed by atoms with van der Waals surface area (Å²) >= 11 is 0. The topological polar surface area (TPSA) is 35.5 Å². The van der Waals surface area contributed by atoms with Gasteiger partial charge in [-0.05, 0) is 25.9 Å². The highest BCUT2D eigenvalue weighted by Crippen LogP contribution is 1.95. The van der Waals surface area contributed by atoms with Crippen LogP contribution in [0.1, 0.15) is 26.7 Å². The maximum absolute atomic E-state index is 8.85. The van der Waals surface area contributed by atoms with Crippen LogP contribution >= 0.6 is 0 Å². The Morgan fingerprint density at radius 1 is 1.33 bits per heavy atom. The second-order valence-corrected chi connectivity index (χ2v) is 4.13. The molecule has 0 aromatic carbocycles. The van der Waals surface area contributed by atoms with Crippen molar-refractivity contribution in [3.8, 4) is 0 Å². The van der Waals surface area contributed by atoms with Crippen molar-refractivity contribution >= 4 is 0 Å². The van der Waals surface area contributed by atoms with Crippen molar-refractivity contribution in [1.29, 1.82) is 0 Å². The molecular formula is C12H26N2O. The molecule has 0 aromatic rings. The van der Waals surface area contributed by atoms with Crippen LogP contribution in [0.2, 0.25) is 0 Å². The molecule has 0 saturated heterocycles. The Labute approximate surface area is 94.2 Å². The molecule has 0 atom stereocenters. The predicted molar refractivity (Wildman–Crippen MR) is 66.1 cm³/mol. The lowest BCUT2D eigenvalue weighted by atomic mass is 10.2. The highest BCUT2D eigenvalue weighted by molar-refractivity contribution is 4.73. The molecule has 0 spiro atoms. The maximum atomic E-state index is 8.85. The summed E-state index contributed by atoms with van der Waals surface area (Å²) in [5.74, 6) is 0. The minimum atomic E-state index is 0.234. The zero-order valence-electron chi connectivity index (χ0n) is 10.2. The van der Waals surface area contributed by atoms with Gasteiger partial charge in [0.2, 0.25) is 0 Å². The van der Waals surface area contributed by atoms with Crippen molar-refractivity contribution in [2.45, 2.75) is 32.7 Å². The molecule has 0 amide bonds. The van der Waals surface area contributed by atoms with Gasteiger partial charge in [-0.25, -0.2) is 0 Å². The Balaban J connectivity index is 3.40. The molecule has 0 aliphatic heterocycles. The first-order valence-corrected chi connectivity index (χ1v) is 5.88. The Hall–Kier alpha value is -0.380. The number of aliphatic hydroxyl groups excluding tert-OH is 1. The van der Waals surface area contributed by atoms with Gasteiger partial charge in [-0.15, -0.1) is 6.58 Å². The van der Waals surface area contributed by atoms with Crippen LogP contribution < -0.4 is 5.32 Å². The molecule has 0 heterocycles. The minimum Gasteiger partial charge on any atom is -0.395 e. The smallest absolute Gasteiger partial charge is 0.0558 e. The molecule has 0 aliphatic carbocycles. The van der Waals surface area contributed by atoms with Gasteiger partial charge in [-0.3, -0.25) is 4.90 Å². The lowest BCUT2D eigenvalue weighted by molar-refractivity contribution is 0.206. The van der Waals surface area contributed by atoms with E-state index in [9.17, 15) is 0 Å². The van der Waals surface area contributed by atoms with Gasteiger partial charge in [0.1, 0.15) is 0 Å². The molecule has 0 unspecified atom stereocenters. The Morgan fingerprint density at radius 2 is 2.07 bits per heavy atom. The second-order valence-electron chi connectivity index (χ2n) is 4.13. The van der Waals surface area contributed by atoms with E-state index < -0.39 is 0 Å². The van der Waals surface area contributed by atoms with Gasteiger partial charge in [0, 0.05) is 19.1 Å². The van der Waals surface area contributed by atoms with Crippen molar-refractivity contribution in [2.75, 3.05) is 32.8 Å². The number of rotatable bonds is 10. The molecular weight excluding hydrogens is 188 g/mol. The first kappa shape index (κ1) is 14.6. The number of nitrogens with zero attached hydrogens (tertiary/aromatic N) is 1. The van der Waals surface area contributed by atoms with E-state index in [4.69, 9.17) is 5.11 Å². The first-order valence-electron chi connectivity index (χ1n) is 5.88. The third-order valence-corrected chi connectivity index (χ3v) is 2.26. The average molecular weight is 214 g/mol. The number of unbranched alkanes of at least 4 members (excludes halogenated alkanes) is 1. The monoisotopic (exact) mass is 214 g/mol. The van der Waals surface area contributed by atoms with Crippen molar-refractivity contribution in [3.05, 3.63) is 12.7 Å². The fourth-order valence-corrected chi connectivity index (χ4v) is 1.47. The van der Waals surface area contributed by atoms with Crippen LogP contribution in [0.4, 0.5) is 0 Å². The summed E-state index contributed by atoms with van der Waals surface area (Å²) in [6, 6.07) is 0.576. The third kappa shape index (κ3) is 9.91. The summed E-state index contributed by atoms with van der Waals surface area (Å²) < 4.78 is 0. The van der Waals surface area contributed by atoms with E-state index in [-0.39, 0.29) is 6.61 Å². The van der Waals surface area contributed by atoms with E-state index in [1.54, 1.807) is 0 Å². The van der Waals surface area contributed by atoms with Gasteiger partial charge >= 0.3 is 0 Å². The predicted octanol–water partition coefficient (Wildman–Crippen LogP) is 1.24. The van der Waals surface area contributed by atoms with E-state index in [2.05, 4.69) is 30.6 Å². The maximum Gasteiger partial charge on any atom is 0.0558 e. The SMILES string of the molecule is C=CCN(CCO)CCCCNC(C)C. The lowest BCUT2D eigenvalue weighted by Gasteiger charge is -2.19. The largest absolute Gasteiger partial charge is 0.395 e. The average Bonchev–Trinajstić information content (AvgIpc) is 2.17. The zero-order chi connectivity index (χ0) is 11.5. The Bertz CT molecular complexity index is 149. The van der Waals surface area contributed by atoms with Crippen molar-refractivity contribution in [1.82, 2.24) is 10.2 Å². The minimum absolute atomic E-state index is 0.234. The van der Waals surface area contributed by atoms with Crippen molar-refractivity contribution < 1.29 is 5.11 Å². The molecule has 0 saturated carbocycles. The van der Waals surface area contributed by atoms with Crippen LogP contribution in [0.15, 0.2) is 12.7 Å². The van der Waals surface area contributed by atoms with Crippen LogP contribution in [0.5, 0.6) is 0 Å². The fraction of sp³-hybridized carbons (Fsp3) is 0.833. The van der Waals surface area contributed by atoms with E-state index >= 15 is 0 Å². The second kappa shape index (κ2) is 10.1.